The zero-order chi connectivity index (χ0) is 59.3. The van der Waals surface area contributed by atoms with Crippen molar-refractivity contribution in [3.63, 3.8) is 0 Å². The van der Waals surface area contributed by atoms with E-state index in [4.69, 9.17) is 111 Å². The first-order chi connectivity index (χ1) is 38.3. The summed E-state index contributed by atoms with van der Waals surface area (Å²) >= 11 is 18.3. The van der Waals surface area contributed by atoms with E-state index in [1.54, 1.807) is 18.2 Å². The van der Waals surface area contributed by atoms with E-state index in [0.717, 1.165) is 41.5 Å². The molecular weight excluding hydrogens is 1140 g/mol. The van der Waals surface area contributed by atoms with E-state index in [9.17, 15) is 43.2 Å². The lowest BCUT2D eigenvalue weighted by Crippen LogP contribution is -2.67. The first-order valence-electron chi connectivity index (χ1n) is 24.6. The summed E-state index contributed by atoms with van der Waals surface area (Å²) < 4.78 is 86.4. The van der Waals surface area contributed by atoms with Crippen LogP contribution in [0, 0.1) is 5.41 Å². The van der Waals surface area contributed by atoms with Crippen molar-refractivity contribution < 1.29 is 114 Å². The van der Waals surface area contributed by atoms with Gasteiger partial charge in [-0.1, -0.05) is 89.4 Å². The van der Waals surface area contributed by atoms with Gasteiger partial charge in [-0.05, 0) is 43.3 Å². The maximum Gasteiger partial charge on any atom is 0.338 e. The fourth-order valence-corrected chi connectivity index (χ4v) is 8.70. The second-order valence-corrected chi connectivity index (χ2v) is 20.3. The van der Waals surface area contributed by atoms with Crippen molar-refractivity contribution in [3.05, 3.63) is 108 Å². The Bertz CT molecular complexity index is 2730. The molecule has 25 nitrogen and oxygen atoms in total. The number of esters is 9. The molecule has 0 saturated carbocycles. The highest BCUT2D eigenvalue weighted by Crippen LogP contribution is 2.38. The van der Waals surface area contributed by atoms with Gasteiger partial charge in [-0.3, -0.25) is 34.2 Å². The molecule has 28 heteroatoms. The smallest absolute Gasteiger partial charge is 0.338 e. The zero-order valence-corrected chi connectivity index (χ0v) is 46.4. The monoisotopic (exact) mass is 1200 g/mol. The van der Waals surface area contributed by atoms with Gasteiger partial charge < -0.3 is 71.1 Å². The summed E-state index contributed by atoms with van der Waals surface area (Å²) in [6, 6.07) is 22.3. The van der Waals surface area contributed by atoms with E-state index in [1.807, 2.05) is 0 Å². The predicted molar refractivity (Wildman–Crippen MR) is 273 cm³/mol. The normalized spacial score (nSPS) is 28.0. The van der Waals surface area contributed by atoms with Crippen LogP contribution in [0.5, 0.6) is 0 Å². The van der Waals surface area contributed by atoms with Crippen molar-refractivity contribution in [2.75, 3.05) is 13.2 Å². The van der Waals surface area contributed by atoms with Gasteiger partial charge in [0.05, 0.1) is 29.4 Å². The molecule has 3 saturated heterocycles. The third-order valence-corrected chi connectivity index (χ3v) is 12.4. The standard InChI is InChI=1S/C53H56Cl3NO24/c1-25-37(70-27(3)59)40(72-29(5)61)44(74-31(7)63)50(69-25)80-42-38(71-28(4)60)35(23-67-26(2)58)75-49(43(42)73-30(6)62)68-24-36-39(77-46(64)32-17-11-8-12-18-32)41(78-47(65)33-19-13-9-14-20-33)45(51(76-36)81-52(57)53(54,55)56)79-48(66)34-21-15-10-16-22-34/h8-22,25,35-45,49-51,57H,23-24H2,1-7H3/t25-,35+,36+,37+,38-,39-,40+,41-,42-,43+,44-,45+,49+,50-,51+/m0/s1. The van der Waals surface area contributed by atoms with E-state index in [1.165, 1.54) is 79.7 Å². The van der Waals surface area contributed by atoms with Crippen LogP contribution in [0.2, 0.25) is 0 Å². The molecule has 1 N–H and O–H groups in total. The molecule has 0 radical (unpaired) electrons. The number of ether oxygens (including phenoxy) is 15. The van der Waals surface area contributed by atoms with Crippen LogP contribution in [0.3, 0.4) is 0 Å². The van der Waals surface area contributed by atoms with Crippen LogP contribution >= 0.6 is 34.8 Å². The Balaban J connectivity index is 1.49. The van der Waals surface area contributed by atoms with E-state index in [-0.39, 0.29) is 16.7 Å². The lowest BCUT2D eigenvalue weighted by Gasteiger charge is -2.49. The van der Waals surface area contributed by atoms with Crippen LogP contribution in [-0.2, 0) is 99.8 Å². The highest BCUT2D eigenvalue weighted by molar-refractivity contribution is 6.76. The number of carbonyl (C=O) groups is 9. The average molecular weight is 1200 g/mol. The summed E-state index contributed by atoms with van der Waals surface area (Å²) in [5.41, 5.74) is -0.137. The predicted octanol–water partition coefficient (Wildman–Crippen LogP) is 4.85. The number of rotatable bonds is 19. The maximum absolute atomic E-state index is 14.2. The summed E-state index contributed by atoms with van der Waals surface area (Å²) in [5.74, 6) is -9.96. The van der Waals surface area contributed by atoms with Gasteiger partial charge in [0, 0.05) is 41.5 Å². The van der Waals surface area contributed by atoms with Crippen LogP contribution < -0.4 is 0 Å². The molecule has 438 valence electrons. The average Bonchev–Trinajstić information content (AvgIpc) is 3.50. The molecule has 0 aromatic heterocycles. The summed E-state index contributed by atoms with van der Waals surface area (Å²) in [6.45, 7) is 5.81. The van der Waals surface area contributed by atoms with Gasteiger partial charge in [0.15, 0.2) is 55.3 Å². The molecule has 3 aliphatic heterocycles. The number of halogens is 3. The minimum Gasteiger partial charge on any atom is -0.463 e. The number of hydrogen-bond donors (Lipinski definition) is 1. The molecule has 3 aromatic rings. The van der Waals surface area contributed by atoms with E-state index in [0.29, 0.717) is 0 Å². The molecule has 15 atom stereocenters. The Labute approximate surface area is 477 Å². The maximum atomic E-state index is 14.2. The number of carbonyl (C=O) groups excluding carboxylic acids is 9. The van der Waals surface area contributed by atoms with Gasteiger partial charge in [0.2, 0.25) is 18.3 Å². The van der Waals surface area contributed by atoms with Gasteiger partial charge >= 0.3 is 53.7 Å². The highest BCUT2D eigenvalue weighted by Gasteiger charge is 2.59. The van der Waals surface area contributed by atoms with E-state index in [2.05, 4.69) is 0 Å². The molecule has 6 rings (SSSR count). The van der Waals surface area contributed by atoms with Gasteiger partial charge in [-0.15, -0.1) is 0 Å². The van der Waals surface area contributed by atoms with Crippen LogP contribution in [-0.4, -0.2) is 169 Å². The molecule has 0 aliphatic carbocycles. The number of benzene rings is 3. The quantitative estimate of drug-likeness (QED) is 0.0551. The van der Waals surface area contributed by atoms with Crippen LogP contribution in [0.4, 0.5) is 0 Å². The summed E-state index contributed by atoms with van der Waals surface area (Å²) in [5, 5.41) is 8.59. The highest BCUT2D eigenvalue weighted by atomic mass is 35.6. The van der Waals surface area contributed by atoms with E-state index >= 15 is 0 Å². The Morgan fingerprint density at radius 1 is 0.420 bits per heavy atom. The molecule has 0 amide bonds. The zero-order valence-electron chi connectivity index (χ0n) is 44.2. The number of alkyl halides is 3. The van der Waals surface area contributed by atoms with Crippen LogP contribution in [0.25, 0.3) is 0 Å². The minimum absolute atomic E-state index is 0.0411. The lowest BCUT2D eigenvalue weighted by atomic mass is 9.96. The first kappa shape index (κ1) is 63.2. The Hall–Kier alpha value is -6.97. The van der Waals surface area contributed by atoms with Crippen molar-refractivity contribution in [3.8, 4) is 0 Å². The largest absolute Gasteiger partial charge is 0.463 e. The van der Waals surface area contributed by atoms with Crippen molar-refractivity contribution >= 4 is 94.4 Å². The molecule has 3 fully saturated rings. The van der Waals surface area contributed by atoms with Crippen molar-refractivity contribution in [2.45, 2.75) is 144 Å². The molecule has 3 aliphatic rings. The Morgan fingerprint density at radius 2 is 0.778 bits per heavy atom. The molecule has 0 unspecified atom stereocenters. The molecule has 0 bridgehead atoms. The molecule has 81 heavy (non-hydrogen) atoms. The molecule has 0 spiro atoms. The van der Waals surface area contributed by atoms with Gasteiger partial charge in [0.25, 0.3) is 3.79 Å². The topological polar surface area (TPSA) is 316 Å². The van der Waals surface area contributed by atoms with Gasteiger partial charge in [-0.2, -0.15) is 0 Å². The minimum atomic E-state index is -2.61. The number of hydrogen-bond acceptors (Lipinski definition) is 25. The van der Waals surface area contributed by atoms with Crippen molar-refractivity contribution in [2.24, 2.45) is 0 Å². The van der Waals surface area contributed by atoms with Crippen molar-refractivity contribution in [1.29, 1.82) is 5.41 Å². The number of nitrogens with one attached hydrogen (secondary N) is 1. The van der Waals surface area contributed by atoms with Gasteiger partial charge in [-0.25, -0.2) is 14.4 Å². The molecule has 3 aromatic carbocycles. The van der Waals surface area contributed by atoms with E-state index < -0.39 is 169 Å². The molecule has 3 heterocycles. The first-order valence-corrected chi connectivity index (χ1v) is 25.8. The SMILES string of the molecule is CC(=O)OC[C@H]1O[C@@H](OC[C@H]2O[C@H](OC(=N)C(Cl)(Cl)Cl)[C@H](OC(=O)c3ccccc3)[C@@H](OC(=O)c3ccccc3)[C@H]2OC(=O)c2ccccc2)[C@H](OC(C)=O)[C@@H](O[C@@H]2O[C@@H](C)[C@@H](OC(C)=O)[C@@H](OC(C)=O)[C@@H]2OC(C)=O)[C@H]1OC(C)=O. The summed E-state index contributed by atoms with van der Waals surface area (Å²) in [4.78, 5) is 119. The lowest BCUT2D eigenvalue weighted by molar-refractivity contribution is -0.363. The van der Waals surface area contributed by atoms with Gasteiger partial charge in [0.1, 0.15) is 24.9 Å². The van der Waals surface area contributed by atoms with Crippen LogP contribution in [0.15, 0.2) is 91.0 Å². The second-order valence-electron chi connectivity index (χ2n) is 18.1. The summed E-state index contributed by atoms with van der Waals surface area (Å²) in [7, 11) is 0. The Morgan fingerprint density at radius 3 is 1.23 bits per heavy atom. The fraction of sp³-hybridized carbons (Fsp3) is 0.472. The third-order valence-electron chi connectivity index (χ3n) is 11.8. The third kappa shape index (κ3) is 17.5. The Kier molecular flexibility index (Phi) is 22.3. The molecular formula is C53H56Cl3NO24. The second kappa shape index (κ2) is 28.6. The van der Waals surface area contributed by atoms with Crippen molar-refractivity contribution in [1.82, 2.24) is 0 Å². The van der Waals surface area contributed by atoms with Crippen LogP contribution in [0.1, 0.15) is 79.5 Å². The fourth-order valence-electron chi connectivity index (χ4n) is 8.57. The summed E-state index contributed by atoms with van der Waals surface area (Å²) in [6.07, 6.45) is -27.1.